The molecule has 0 aliphatic rings. The minimum atomic E-state index is -4.53. The van der Waals surface area contributed by atoms with E-state index >= 15 is 0 Å². The average Bonchev–Trinajstić information content (AvgIpc) is 3.05. The Bertz CT molecular complexity index is 776. The molecule has 0 aromatic rings. The number of rotatable bonds is 38. The smallest absolute Gasteiger partial charge is 0.306 e. The van der Waals surface area contributed by atoms with Crippen LogP contribution in [-0.4, -0.2) is 69.2 Å². The molecular formula is C40H82NO7P. The second-order valence-electron chi connectivity index (χ2n) is 15.6. The summed E-state index contributed by atoms with van der Waals surface area (Å²) in [5.74, 6) is 0.445. The number of esters is 1. The lowest BCUT2D eigenvalue weighted by atomic mass is 9.89. The van der Waals surface area contributed by atoms with Crippen LogP contribution in [0.15, 0.2) is 0 Å². The maximum absolute atomic E-state index is 12.2. The highest BCUT2D eigenvalue weighted by atomic mass is 31.2. The predicted molar refractivity (Wildman–Crippen MR) is 203 cm³/mol. The van der Waals surface area contributed by atoms with E-state index in [0.717, 1.165) is 25.2 Å². The number of phosphoric ester groups is 1. The Kier molecular flexibility index (Phi) is 33.0. The maximum atomic E-state index is 12.2. The average molecular weight is 720 g/mol. The van der Waals surface area contributed by atoms with Gasteiger partial charge in [0.1, 0.15) is 19.3 Å². The number of phosphoric acid groups is 1. The van der Waals surface area contributed by atoms with E-state index in [0.29, 0.717) is 11.0 Å². The van der Waals surface area contributed by atoms with Gasteiger partial charge in [-0.25, -0.2) is 0 Å². The van der Waals surface area contributed by atoms with Gasteiger partial charge in [-0.3, -0.25) is 9.36 Å². The van der Waals surface area contributed by atoms with Crippen molar-refractivity contribution in [1.82, 2.24) is 0 Å². The van der Waals surface area contributed by atoms with E-state index in [1.165, 1.54) is 154 Å². The van der Waals surface area contributed by atoms with Gasteiger partial charge in [-0.05, 0) is 12.3 Å². The largest absolute Gasteiger partial charge is 0.756 e. The second kappa shape index (κ2) is 33.3. The Morgan fingerprint density at radius 2 is 1.02 bits per heavy atom. The molecule has 0 radical (unpaired) electrons. The van der Waals surface area contributed by atoms with E-state index in [2.05, 4.69) is 13.8 Å². The van der Waals surface area contributed by atoms with Crippen molar-refractivity contribution in [3.05, 3.63) is 0 Å². The first kappa shape index (κ1) is 48.5. The van der Waals surface area contributed by atoms with Gasteiger partial charge in [-0.15, -0.1) is 0 Å². The number of likely N-dealkylation sites (N-methyl/N-ethyl adjacent to an activating group) is 1. The fraction of sp³-hybridized carbons (Fsp3) is 0.975. The molecule has 0 fully saturated rings. The van der Waals surface area contributed by atoms with Gasteiger partial charge in [0.05, 0.1) is 34.4 Å². The highest BCUT2D eigenvalue weighted by Crippen LogP contribution is 2.38. The van der Waals surface area contributed by atoms with Gasteiger partial charge in [0.25, 0.3) is 7.82 Å². The zero-order valence-electron chi connectivity index (χ0n) is 33.1. The molecule has 0 saturated heterocycles. The van der Waals surface area contributed by atoms with Crippen molar-refractivity contribution in [2.75, 3.05) is 47.5 Å². The Balaban J connectivity index is 4.00. The summed E-state index contributed by atoms with van der Waals surface area (Å²) in [5.41, 5.74) is 0. The van der Waals surface area contributed by atoms with Gasteiger partial charge in [0.2, 0.25) is 0 Å². The molecule has 0 aliphatic heterocycles. The number of hydrogen-bond acceptors (Lipinski definition) is 7. The van der Waals surface area contributed by atoms with E-state index in [1.807, 2.05) is 21.1 Å². The van der Waals surface area contributed by atoms with Crippen molar-refractivity contribution in [1.29, 1.82) is 0 Å². The van der Waals surface area contributed by atoms with Gasteiger partial charge in [-0.1, -0.05) is 181 Å². The highest BCUT2D eigenvalue weighted by molar-refractivity contribution is 7.45. The van der Waals surface area contributed by atoms with Crippen LogP contribution in [0.5, 0.6) is 0 Å². The third-order valence-electron chi connectivity index (χ3n) is 9.61. The van der Waals surface area contributed by atoms with E-state index in [1.54, 1.807) is 0 Å². The zero-order valence-corrected chi connectivity index (χ0v) is 34.0. The molecule has 49 heavy (non-hydrogen) atoms. The molecule has 8 nitrogen and oxygen atoms in total. The fourth-order valence-electron chi connectivity index (χ4n) is 6.34. The molecule has 0 saturated carbocycles. The topological polar surface area (TPSA) is 105 Å². The number of unbranched alkanes of at least 4 members (excludes halogenated alkanes) is 21. The number of carbonyl (C=O) groups excluding carboxylic acids is 1. The first-order valence-corrected chi connectivity index (χ1v) is 22.2. The molecule has 0 bridgehead atoms. The summed E-state index contributed by atoms with van der Waals surface area (Å²) >= 11 is 0. The Hall–Kier alpha value is -0.500. The number of aliphatic hydroxyl groups excluding tert-OH is 1. The molecule has 0 aromatic carbocycles. The van der Waals surface area contributed by atoms with Crippen LogP contribution in [0.4, 0.5) is 0 Å². The standard InChI is InChI=1S/C40H82NO7P/c1-6-8-10-12-13-14-15-16-17-18-19-20-23-27-31-38(30-26-11-9-7-2)32-28-24-21-22-25-29-33-40(43)48-39(36-42)37-47-49(44,45)46-35-34-41(3,4)5/h38-39,42H,6-37H2,1-5H3/t38?,39-/m1/s1. The Morgan fingerprint density at radius 3 is 1.43 bits per heavy atom. The van der Waals surface area contributed by atoms with Gasteiger partial charge in [0, 0.05) is 6.42 Å². The third kappa shape index (κ3) is 35.7. The van der Waals surface area contributed by atoms with Crippen molar-refractivity contribution in [3.63, 3.8) is 0 Å². The van der Waals surface area contributed by atoms with Gasteiger partial charge in [-0.2, -0.15) is 0 Å². The van der Waals surface area contributed by atoms with Crippen LogP contribution in [-0.2, 0) is 23.1 Å². The Labute approximate surface area is 304 Å². The summed E-state index contributed by atoms with van der Waals surface area (Å²) in [7, 11) is 1.25. The molecule has 2 unspecified atom stereocenters. The molecule has 0 rings (SSSR count). The summed E-state index contributed by atoms with van der Waals surface area (Å²) in [5, 5.41) is 9.51. The highest BCUT2D eigenvalue weighted by Gasteiger charge is 2.19. The van der Waals surface area contributed by atoms with Crippen LogP contribution >= 0.6 is 7.82 Å². The lowest BCUT2D eigenvalue weighted by Gasteiger charge is -2.28. The third-order valence-corrected chi connectivity index (χ3v) is 10.6. The first-order valence-electron chi connectivity index (χ1n) is 20.7. The number of ether oxygens (including phenoxy) is 1. The summed E-state index contributed by atoms with van der Waals surface area (Å²) < 4.78 is 27.4. The van der Waals surface area contributed by atoms with E-state index < -0.39 is 33.1 Å². The number of nitrogens with zero attached hydrogens (tertiary/aromatic N) is 1. The van der Waals surface area contributed by atoms with E-state index in [9.17, 15) is 19.4 Å². The first-order chi connectivity index (χ1) is 23.5. The van der Waals surface area contributed by atoms with Crippen LogP contribution in [0.1, 0.15) is 194 Å². The van der Waals surface area contributed by atoms with Crippen molar-refractivity contribution in [2.45, 2.75) is 200 Å². The molecule has 1 N–H and O–H groups in total. The Morgan fingerprint density at radius 1 is 0.633 bits per heavy atom. The van der Waals surface area contributed by atoms with Gasteiger partial charge < -0.3 is 28.3 Å². The molecular weight excluding hydrogens is 637 g/mol. The molecule has 0 spiro atoms. The van der Waals surface area contributed by atoms with Crippen molar-refractivity contribution < 1.29 is 37.6 Å². The number of carbonyl (C=O) groups is 1. The van der Waals surface area contributed by atoms with Crippen LogP contribution in [0.2, 0.25) is 0 Å². The summed E-state index contributed by atoms with van der Waals surface area (Å²) in [4.78, 5) is 24.2. The fourth-order valence-corrected chi connectivity index (χ4v) is 7.07. The lowest BCUT2D eigenvalue weighted by molar-refractivity contribution is -0.870. The molecule has 3 atom stereocenters. The van der Waals surface area contributed by atoms with Gasteiger partial charge >= 0.3 is 5.97 Å². The number of aliphatic hydroxyl groups is 1. The van der Waals surface area contributed by atoms with Crippen molar-refractivity contribution in [3.8, 4) is 0 Å². The SMILES string of the molecule is CCCCCCCCCCCCCCCCC(CCCCCC)CCCCCCCCC(=O)O[C@H](CO)COP(=O)([O-])OCC[N+](C)(C)C. The second-order valence-corrected chi connectivity index (χ2v) is 17.1. The van der Waals surface area contributed by atoms with Crippen molar-refractivity contribution >= 4 is 13.8 Å². The monoisotopic (exact) mass is 720 g/mol. The zero-order chi connectivity index (χ0) is 36.5. The molecule has 0 amide bonds. The predicted octanol–water partition coefficient (Wildman–Crippen LogP) is 10.7. The van der Waals surface area contributed by atoms with Crippen LogP contribution in [0, 0.1) is 5.92 Å². The quantitative estimate of drug-likeness (QED) is 0.0293. The number of hydrogen-bond donors (Lipinski definition) is 1. The van der Waals surface area contributed by atoms with Crippen LogP contribution in [0.3, 0.4) is 0 Å². The summed E-state index contributed by atoms with van der Waals surface area (Å²) in [6, 6.07) is 0. The van der Waals surface area contributed by atoms with Crippen LogP contribution < -0.4 is 4.89 Å². The molecule has 0 aromatic heterocycles. The minimum absolute atomic E-state index is 0.00692. The van der Waals surface area contributed by atoms with E-state index in [4.69, 9.17) is 13.8 Å². The number of quaternary nitrogens is 1. The lowest BCUT2D eigenvalue weighted by Crippen LogP contribution is -2.37. The molecule has 294 valence electrons. The van der Waals surface area contributed by atoms with Crippen molar-refractivity contribution in [2.24, 2.45) is 5.92 Å². The normalized spacial score (nSPS) is 14.5. The maximum Gasteiger partial charge on any atom is 0.306 e. The van der Waals surface area contributed by atoms with E-state index in [-0.39, 0.29) is 13.0 Å². The summed E-state index contributed by atoms with van der Waals surface area (Å²) in [6.45, 7) is 4.10. The molecule has 9 heteroatoms. The van der Waals surface area contributed by atoms with Crippen LogP contribution in [0.25, 0.3) is 0 Å². The summed E-state index contributed by atoms with van der Waals surface area (Å²) in [6.07, 6.45) is 35.2. The molecule has 0 aliphatic carbocycles. The van der Waals surface area contributed by atoms with Gasteiger partial charge in [0.15, 0.2) is 0 Å². The molecule has 0 heterocycles. The minimum Gasteiger partial charge on any atom is -0.756 e.